The average Bonchev–Trinajstić information content (AvgIpc) is 3.22. The van der Waals surface area contributed by atoms with Gasteiger partial charge in [0.05, 0.1) is 25.2 Å². The van der Waals surface area contributed by atoms with Crippen molar-refractivity contribution in [2.45, 2.75) is 251 Å². The largest absolute Gasteiger partial charge is 0.462 e. The maximum Gasteiger partial charge on any atom is 0.306 e. The smallest absolute Gasteiger partial charge is 0.306 e. The molecule has 0 aromatic carbocycles. The lowest BCUT2D eigenvalue weighted by Crippen LogP contribution is -2.46. The monoisotopic (exact) mass is 812 g/mol. The van der Waals surface area contributed by atoms with Crippen LogP contribution in [0, 0.1) is 0 Å². The first kappa shape index (κ1) is 55.6. The van der Waals surface area contributed by atoms with E-state index in [9.17, 15) is 19.8 Å². The number of amides is 1. The third-order valence-corrected chi connectivity index (χ3v) is 10.8. The Kier molecular flexibility index (Phi) is 43.7. The molecule has 0 rings (SSSR count). The van der Waals surface area contributed by atoms with Crippen molar-refractivity contribution in [2.75, 3.05) is 6.61 Å². The van der Waals surface area contributed by atoms with Crippen molar-refractivity contribution in [1.29, 1.82) is 0 Å². The first-order valence-electron chi connectivity index (χ1n) is 24.5. The molecule has 0 aliphatic rings. The summed E-state index contributed by atoms with van der Waals surface area (Å²) in [6, 6.07) is -0.721. The zero-order chi connectivity index (χ0) is 42.4. The highest BCUT2D eigenvalue weighted by Gasteiger charge is 2.24. The van der Waals surface area contributed by atoms with Crippen LogP contribution >= 0.6 is 0 Å². The maximum absolute atomic E-state index is 13.2. The fourth-order valence-electron chi connectivity index (χ4n) is 7.13. The molecule has 3 N–H and O–H groups in total. The molecule has 0 saturated heterocycles. The van der Waals surface area contributed by atoms with Crippen molar-refractivity contribution in [3.05, 3.63) is 60.8 Å². The van der Waals surface area contributed by atoms with Gasteiger partial charge in [-0.2, -0.15) is 0 Å². The van der Waals surface area contributed by atoms with Crippen LogP contribution in [0.25, 0.3) is 0 Å². The lowest BCUT2D eigenvalue weighted by Gasteiger charge is -2.24. The Bertz CT molecular complexity index is 1050. The second-order valence-corrected chi connectivity index (χ2v) is 16.5. The van der Waals surface area contributed by atoms with Gasteiger partial charge in [0.25, 0.3) is 0 Å². The number of esters is 1. The number of ether oxygens (including phenoxy) is 1. The Morgan fingerprint density at radius 3 is 1.47 bits per heavy atom. The van der Waals surface area contributed by atoms with Crippen LogP contribution in [0.1, 0.15) is 233 Å². The average molecular weight is 812 g/mol. The fraction of sp³-hybridized carbons (Fsp3) is 0.769. The molecule has 1 amide bonds. The number of carbonyl (C=O) groups is 2. The van der Waals surface area contributed by atoms with E-state index in [1.165, 1.54) is 96.3 Å². The Hall–Kier alpha value is -2.44. The van der Waals surface area contributed by atoms with Gasteiger partial charge in [-0.05, 0) is 83.5 Å². The Morgan fingerprint density at radius 2 is 0.948 bits per heavy atom. The molecule has 0 aliphatic heterocycles. The van der Waals surface area contributed by atoms with Crippen LogP contribution in [0.2, 0.25) is 0 Å². The minimum atomic E-state index is -0.804. The Morgan fingerprint density at radius 1 is 0.517 bits per heavy atom. The summed E-state index contributed by atoms with van der Waals surface area (Å²) < 4.78 is 5.88. The van der Waals surface area contributed by atoms with Gasteiger partial charge >= 0.3 is 5.97 Å². The van der Waals surface area contributed by atoms with Crippen LogP contribution in [0.15, 0.2) is 60.8 Å². The summed E-state index contributed by atoms with van der Waals surface area (Å²) in [6.07, 6.45) is 55.7. The lowest BCUT2D eigenvalue weighted by molar-refractivity contribution is -0.151. The number of allylic oxidation sites excluding steroid dienone is 10. The van der Waals surface area contributed by atoms with Gasteiger partial charge in [-0.15, -0.1) is 0 Å². The van der Waals surface area contributed by atoms with Crippen molar-refractivity contribution < 1.29 is 24.5 Å². The third-order valence-electron chi connectivity index (χ3n) is 10.8. The molecule has 0 aromatic heterocycles. The van der Waals surface area contributed by atoms with Gasteiger partial charge in [0.2, 0.25) is 5.91 Å². The van der Waals surface area contributed by atoms with E-state index >= 15 is 0 Å². The Labute approximate surface area is 358 Å². The van der Waals surface area contributed by atoms with Gasteiger partial charge in [0, 0.05) is 6.42 Å². The van der Waals surface area contributed by atoms with Crippen LogP contribution in [-0.2, 0) is 14.3 Å². The van der Waals surface area contributed by atoms with Gasteiger partial charge in [-0.25, -0.2) is 0 Å². The highest BCUT2D eigenvalue weighted by molar-refractivity contribution is 5.77. The van der Waals surface area contributed by atoms with Gasteiger partial charge in [0.15, 0.2) is 0 Å². The van der Waals surface area contributed by atoms with Crippen molar-refractivity contribution in [1.82, 2.24) is 5.32 Å². The maximum atomic E-state index is 13.2. The molecule has 0 heterocycles. The summed E-state index contributed by atoms with van der Waals surface area (Å²) in [5, 5.41) is 23.7. The minimum absolute atomic E-state index is 0.0329. The van der Waals surface area contributed by atoms with Gasteiger partial charge < -0.3 is 20.3 Å². The lowest BCUT2D eigenvalue weighted by atomic mass is 10.0. The van der Waals surface area contributed by atoms with Crippen LogP contribution < -0.4 is 5.32 Å². The van der Waals surface area contributed by atoms with E-state index in [1.54, 1.807) is 0 Å². The first-order valence-corrected chi connectivity index (χ1v) is 24.5. The molecular weight excluding hydrogens is 719 g/mol. The molecule has 0 radical (unpaired) electrons. The van der Waals surface area contributed by atoms with E-state index < -0.39 is 18.2 Å². The van der Waals surface area contributed by atoms with Crippen LogP contribution in [0.4, 0.5) is 0 Å². The summed E-state index contributed by atoms with van der Waals surface area (Å²) in [4.78, 5) is 26.0. The van der Waals surface area contributed by atoms with E-state index in [1.807, 2.05) is 0 Å². The molecule has 0 spiro atoms. The van der Waals surface area contributed by atoms with Crippen molar-refractivity contribution in [3.8, 4) is 0 Å². The standard InChI is InChI=1S/C52H93NO5/c1-4-7-10-13-16-19-22-24-26-29-31-34-37-40-43-48(58-52(57)45-42-39-36-33-30-27-25-23-20-17-14-11-8-5-2)46-51(56)53-49(47-54)50(55)44-41-38-35-32-28-21-18-15-12-9-6-3/h7,10,16,19,24,26-27,30-31,34,48-50,54-55H,4-6,8-9,11-15,17-18,20-23,25,28-29,32-33,35-47H2,1-3H3,(H,53,56)/b10-7+,19-16+,26-24+,30-27-,34-31+. The second-order valence-electron chi connectivity index (χ2n) is 16.5. The predicted octanol–water partition coefficient (Wildman–Crippen LogP) is 14.5. The predicted molar refractivity (Wildman–Crippen MR) is 250 cm³/mol. The number of aliphatic hydroxyl groups is 2. The van der Waals surface area contributed by atoms with Crippen molar-refractivity contribution >= 4 is 11.9 Å². The number of hydrogen-bond donors (Lipinski definition) is 3. The van der Waals surface area contributed by atoms with Crippen LogP contribution in [0.5, 0.6) is 0 Å². The molecular formula is C52H93NO5. The van der Waals surface area contributed by atoms with Gasteiger partial charge in [0.1, 0.15) is 6.10 Å². The summed E-state index contributed by atoms with van der Waals surface area (Å²) in [7, 11) is 0. The van der Waals surface area contributed by atoms with Gasteiger partial charge in [-0.3, -0.25) is 9.59 Å². The van der Waals surface area contributed by atoms with E-state index in [2.05, 4.69) is 86.8 Å². The molecule has 0 saturated carbocycles. The summed E-state index contributed by atoms with van der Waals surface area (Å²) in [5.74, 6) is -0.548. The molecule has 0 fully saturated rings. The first-order chi connectivity index (χ1) is 28.5. The molecule has 0 aliphatic carbocycles. The number of aliphatic hydroxyl groups excluding tert-OH is 2. The van der Waals surface area contributed by atoms with Crippen molar-refractivity contribution in [3.63, 3.8) is 0 Å². The number of rotatable bonds is 43. The quantitative estimate of drug-likeness (QED) is 0.0324. The Balaban J connectivity index is 4.71. The molecule has 3 atom stereocenters. The normalized spacial score (nSPS) is 13.8. The molecule has 0 aromatic rings. The van der Waals surface area contributed by atoms with Crippen LogP contribution in [-0.4, -0.2) is 46.9 Å². The summed E-state index contributed by atoms with van der Waals surface area (Å²) in [5.41, 5.74) is 0. The number of unbranched alkanes of at least 4 members (excludes halogenated alkanes) is 21. The molecule has 336 valence electrons. The molecule has 3 unspecified atom stereocenters. The number of nitrogens with one attached hydrogen (secondary N) is 1. The zero-order valence-corrected chi connectivity index (χ0v) is 38.2. The topological polar surface area (TPSA) is 95.9 Å². The zero-order valence-electron chi connectivity index (χ0n) is 38.2. The van der Waals surface area contributed by atoms with E-state index in [4.69, 9.17) is 4.74 Å². The van der Waals surface area contributed by atoms with Crippen LogP contribution in [0.3, 0.4) is 0 Å². The number of carbonyl (C=O) groups excluding carboxylic acids is 2. The summed E-state index contributed by atoms with van der Waals surface area (Å²) in [6.45, 7) is 6.33. The highest BCUT2D eigenvalue weighted by atomic mass is 16.5. The van der Waals surface area contributed by atoms with E-state index in [-0.39, 0.29) is 24.9 Å². The highest BCUT2D eigenvalue weighted by Crippen LogP contribution is 2.16. The third kappa shape index (κ3) is 40.3. The SMILES string of the molecule is CC/C=C/C/C=C/C/C=C/C/C=C/CCCC(CC(=O)NC(CO)C(O)CCCCCCCCCCCCC)OC(=O)CCCCC/C=C\CCCCCCCCC. The molecule has 6 heteroatoms. The van der Waals surface area contributed by atoms with Gasteiger partial charge in [-0.1, -0.05) is 197 Å². The molecule has 58 heavy (non-hydrogen) atoms. The number of hydrogen-bond acceptors (Lipinski definition) is 5. The van der Waals surface area contributed by atoms with E-state index in [0.717, 1.165) is 89.9 Å². The molecule has 0 bridgehead atoms. The fourth-order valence-corrected chi connectivity index (χ4v) is 7.13. The van der Waals surface area contributed by atoms with E-state index in [0.29, 0.717) is 19.3 Å². The second kappa shape index (κ2) is 45.6. The van der Waals surface area contributed by atoms with Crippen molar-refractivity contribution in [2.24, 2.45) is 0 Å². The minimum Gasteiger partial charge on any atom is -0.462 e. The molecule has 6 nitrogen and oxygen atoms in total. The summed E-state index contributed by atoms with van der Waals surface area (Å²) >= 11 is 0.